The summed E-state index contributed by atoms with van der Waals surface area (Å²) in [6, 6.07) is 5.65. The van der Waals surface area contributed by atoms with Crippen molar-refractivity contribution in [2.45, 2.75) is 64.1 Å². The number of unbranched alkanes of at least 4 members (excludes halogenated alkanes) is 2. The fraction of sp³-hybridized carbons (Fsp3) is 0.611. The number of hydrogen-bond donors (Lipinski definition) is 1. The van der Waals surface area contributed by atoms with Crippen molar-refractivity contribution in [2.75, 3.05) is 0 Å². The Morgan fingerprint density at radius 2 is 2.00 bits per heavy atom. The highest BCUT2D eigenvalue weighted by molar-refractivity contribution is 5.83. The van der Waals surface area contributed by atoms with E-state index in [0.29, 0.717) is 6.42 Å². The molecule has 23 heavy (non-hydrogen) atoms. The van der Waals surface area contributed by atoms with Crippen molar-refractivity contribution in [1.82, 2.24) is 5.32 Å². The molecule has 128 valence electrons. The Balaban J connectivity index is 1.93. The number of alkyl halides is 3. The minimum Gasteiger partial charge on any atom is -0.353 e. The van der Waals surface area contributed by atoms with Crippen LogP contribution in [-0.2, 0) is 11.0 Å². The van der Waals surface area contributed by atoms with Gasteiger partial charge in [0.15, 0.2) is 0 Å². The molecule has 1 aliphatic rings. The summed E-state index contributed by atoms with van der Waals surface area (Å²) in [6.07, 6.45) is 0.359. The third kappa shape index (κ3) is 4.72. The molecule has 5 heteroatoms. The van der Waals surface area contributed by atoms with Crippen molar-refractivity contribution in [3.63, 3.8) is 0 Å². The summed E-state index contributed by atoms with van der Waals surface area (Å²) in [5.41, 5.74) is -0.366. The average Bonchev–Trinajstić information content (AvgIpc) is 3.27. The molecule has 0 heterocycles. The predicted octanol–water partition coefficient (Wildman–Crippen LogP) is 4.89. The smallest absolute Gasteiger partial charge is 0.353 e. The molecule has 1 fully saturated rings. The van der Waals surface area contributed by atoms with Gasteiger partial charge in [-0.05, 0) is 37.3 Å². The van der Waals surface area contributed by atoms with E-state index >= 15 is 0 Å². The minimum atomic E-state index is -4.37. The Labute approximate surface area is 135 Å². The third-order valence-electron chi connectivity index (χ3n) is 4.42. The first kappa shape index (κ1) is 17.8. The van der Waals surface area contributed by atoms with Crippen LogP contribution in [0.15, 0.2) is 24.3 Å². The summed E-state index contributed by atoms with van der Waals surface area (Å²) in [7, 11) is 0. The molecular formula is C18H24F3NO. The van der Waals surface area contributed by atoms with E-state index in [1.54, 1.807) is 6.07 Å². The Morgan fingerprint density at radius 1 is 1.30 bits per heavy atom. The van der Waals surface area contributed by atoms with Crippen molar-refractivity contribution in [3.05, 3.63) is 35.4 Å². The molecule has 3 atom stereocenters. The van der Waals surface area contributed by atoms with Crippen LogP contribution in [0.25, 0.3) is 0 Å². The summed E-state index contributed by atoms with van der Waals surface area (Å²) >= 11 is 0. The van der Waals surface area contributed by atoms with Crippen LogP contribution in [0.1, 0.15) is 63.0 Å². The van der Waals surface area contributed by atoms with E-state index in [1.165, 1.54) is 12.1 Å². The van der Waals surface area contributed by atoms with Gasteiger partial charge in [0.25, 0.3) is 0 Å². The summed E-state index contributed by atoms with van der Waals surface area (Å²) < 4.78 is 39.1. The van der Waals surface area contributed by atoms with Crippen LogP contribution >= 0.6 is 0 Å². The maximum Gasteiger partial charge on any atom is 0.416 e. The number of carbonyl (C=O) groups excluding carboxylic acids is 1. The fourth-order valence-corrected chi connectivity index (χ4v) is 3.03. The summed E-state index contributed by atoms with van der Waals surface area (Å²) in [6.45, 7) is 4.07. The van der Waals surface area contributed by atoms with Gasteiger partial charge in [-0.15, -0.1) is 0 Å². The van der Waals surface area contributed by atoms with Crippen molar-refractivity contribution in [3.8, 4) is 0 Å². The van der Waals surface area contributed by atoms with Crippen LogP contribution < -0.4 is 5.32 Å². The Kier molecular flexibility index (Phi) is 5.71. The third-order valence-corrected chi connectivity index (χ3v) is 4.42. The van der Waals surface area contributed by atoms with Crippen LogP contribution in [-0.4, -0.2) is 11.9 Å². The van der Waals surface area contributed by atoms with Gasteiger partial charge in [0, 0.05) is 12.0 Å². The number of nitrogens with one attached hydrogen (secondary N) is 1. The maximum absolute atomic E-state index is 13.0. The Morgan fingerprint density at radius 3 is 2.65 bits per heavy atom. The second-order valence-corrected chi connectivity index (χ2v) is 6.44. The lowest BCUT2D eigenvalue weighted by Crippen LogP contribution is -2.34. The lowest BCUT2D eigenvalue weighted by atomic mass is 10.0. The van der Waals surface area contributed by atoms with E-state index in [1.807, 2.05) is 6.92 Å². The van der Waals surface area contributed by atoms with Gasteiger partial charge in [0.05, 0.1) is 5.56 Å². The van der Waals surface area contributed by atoms with Crippen LogP contribution in [0, 0.1) is 5.92 Å². The van der Waals surface area contributed by atoms with E-state index in [2.05, 4.69) is 12.2 Å². The van der Waals surface area contributed by atoms with Gasteiger partial charge in [-0.1, -0.05) is 44.4 Å². The Bertz CT molecular complexity index is 541. The second kappa shape index (κ2) is 7.37. The van der Waals surface area contributed by atoms with Crippen LogP contribution in [0.2, 0.25) is 0 Å². The number of carbonyl (C=O) groups is 1. The van der Waals surface area contributed by atoms with Gasteiger partial charge in [0.1, 0.15) is 0 Å². The van der Waals surface area contributed by atoms with E-state index in [-0.39, 0.29) is 29.3 Å². The molecule has 1 N–H and O–H groups in total. The molecule has 2 rings (SSSR count). The number of benzene rings is 1. The highest BCUT2D eigenvalue weighted by Crippen LogP contribution is 2.51. The molecule has 0 bridgehead atoms. The van der Waals surface area contributed by atoms with Crippen molar-refractivity contribution in [1.29, 1.82) is 0 Å². The van der Waals surface area contributed by atoms with Gasteiger partial charge in [-0.3, -0.25) is 4.79 Å². The minimum absolute atomic E-state index is 0.0770. The average molecular weight is 327 g/mol. The molecule has 0 saturated heterocycles. The molecule has 1 aromatic carbocycles. The zero-order valence-electron chi connectivity index (χ0n) is 13.6. The summed E-state index contributed by atoms with van der Waals surface area (Å²) in [4.78, 5) is 12.2. The molecule has 1 saturated carbocycles. The molecule has 1 aliphatic carbocycles. The largest absolute Gasteiger partial charge is 0.416 e. The molecule has 0 aromatic heterocycles. The fourth-order valence-electron chi connectivity index (χ4n) is 3.03. The normalized spacial score (nSPS) is 21.8. The number of hydrogen-bond acceptors (Lipinski definition) is 1. The Hall–Kier alpha value is -1.52. The first-order chi connectivity index (χ1) is 10.8. The maximum atomic E-state index is 13.0. The molecular weight excluding hydrogens is 303 g/mol. The van der Waals surface area contributed by atoms with Crippen LogP contribution in [0.3, 0.4) is 0 Å². The van der Waals surface area contributed by atoms with Crippen LogP contribution in [0.5, 0.6) is 0 Å². The molecule has 0 radical (unpaired) electrons. The quantitative estimate of drug-likeness (QED) is 0.710. The number of rotatable bonds is 7. The highest BCUT2D eigenvalue weighted by Gasteiger charge is 2.47. The van der Waals surface area contributed by atoms with Crippen molar-refractivity contribution < 1.29 is 18.0 Å². The van der Waals surface area contributed by atoms with E-state index in [0.717, 1.165) is 31.7 Å². The van der Waals surface area contributed by atoms with E-state index in [9.17, 15) is 18.0 Å². The molecule has 2 nitrogen and oxygen atoms in total. The van der Waals surface area contributed by atoms with Gasteiger partial charge in [-0.25, -0.2) is 0 Å². The van der Waals surface area contributed by atoms with Gasteiger partial charge < -0.3 is 5.32 Å². The standard InChI is InChI=1S/C18H24F3NO/c1-3-4-5-8-12(2)22-17(23)15-11-14(15)13-9-6-7-10-16(13)18(19,20)21/h6-7,9-10,12,14-15H,3-5,8,11H2,1-2H3,(H,22,23). The summed E-state index contributed by atoms with van der Waals surface area (Å²) in [5, 5.41) is 2.94. The number of amides is 1. The summed E-state index contributed by atoms with van der Waals surface area (Å²) in [5.74, 6) is -0.751. The first-order valence-corrected chi connectivity index (χ1v) is 8.31. The van der Waals surface area contributed by atoms with Crippen molar-refractivity contribution in [2.24, 2.45) is 5.92 Å². The SMILES string of the molecule is CCCCCC(C)NC(=O)C1CC1c1ccccc1C(F)(F)F. The van der Waals surface area contributed by atoms with Crippen molar-refractivity contribution >= 4 is 5.91 Å². The second-order valence-electron chi connectivity index (χ2n) is 6.44. The molecule has 0 aliphatic heterocycles. The lowest BCUT2D eigenvalue weighted by Gasteiger charge is -2.15. The van der Waals surface area contributed by atoms with Gasteiger partial charge in [0.2, 0.25) is 5.91 Å². The highest BCUT2D eigenvalue weighted by atomic mass is 19.4. The van der Waals surface area contributed by atoms with Crippen LogP contribution in [0.4, 0.5) is 13.2 Å². The molecule has 1 aromatic rings. The number of halogens is 3. The predicted molar refractivity (Wildman–Crippen MR) is 84.0 cm³/mol. The monoisotopic (exact) mass is 327 g/mol. The van der Waals surface area contributed by atoms with Gasteiger partial charge in [-0.2, -0.15) is 13.2 Å². The topological polar surface area (TPSA) is 29.1 Å². The zero-order chi connectivity index (χ0) is 17.0. The molecule has 0 spiro atoms. The zero-order valence-corrected chi connectivity index (χ0v) is 13.6. The first-order valence-electron chi connectivity index (χ1n) is 8.31. The lowest BCUT2D eigenvalue weighted by molar-refractivity contribution is -0.138. The molecule has 1 amide bonds. The van der Waals surface area contributed by atoms with E-state index in [4.69, 9.17) is 0 Å². The molecule has 3 unspecified atom stereocenters. The van der Waals surface area contributed by atoms with Gasteiger partial charge >= 0.3 is 6.18 Å². The van der Waals surface area contributed by atoms with E-state index < -0.39 is 11.7 Å².